The number of anilines is 3. The average Bonchev–Trinajstić information content (AvgIpc) is 3.94. The summed E-state index contributed by atoms with van der Waals surface area (Å²) in [4.78, 5) is 2.43. The standard InChI is InChI=1S/C66H53NO2/c1-65(2,3)47-37-46(38-48(41-47)66(4,5)6)51-24-14-17-43-18-15-26-56(63(43)51)53-21-7-10-28-59(53)67(49-34-31-42(32-35-49)52-25-16-27-57-54-22-8-12-30-61(54)69-64(52)57)50-20-13-19-44(39-50)45-33-36-62-58(40-45)55-23-9-11-29-60(55)68-62/h7-41H,1-6H3. The lowest BCUT2D eigenvalue weighted by Crippen LogP contribution is -2.16. The van der Waals surface area contributed by atoms with E-state index in [-0.39, 0.29) is 10.8 Å². The Kier molecular flexibility index (Phi) is 9.97. The molecule has 69 heavy (non-hydrogen) atoms. The highest BCUT2D eigenvalue weighted by molar-refractivity contribution is 6.11. The Hall–Kier alpha value is -8.14. The maximum Gasteiger partial charge on any atom is 0.143 e. The van der Waals surface area contributed by atoms with Gasteiger partial charge in [0, 0.05) is 44.0 Å². The van der Waals surface area contributed by atoms with Crippen molar-refractivity contribution < 1.29 is 8.83 Å². The third-order valence-corrected chi connectivity index (χ3v) is 14.0. The lowest BCUT2D eigenvalue weighted by molar-refractivity contribution is 0.569. The van der Waals surface area contributed by atoms with Gasteiger partial charge in [-0.1, -0.05) is 199 Å². The molecule has 334 valence electrons. The van der Waals surface area contributed by atoms with Crippen LogP contribution in [0.2, 0.25) is 0 Å². The van der Waals surface area contributed by atoms with Gasteiger partial charge in [-0.05, 0) is 121 Å². The second-order valence-corrected chi connectivity index (χ2v) is 20.5. The summed E-state index contributed by atoms with van der Waals surface area (Å²) in [5.74, 6) is 0. The number of furan rings is 2. The molecular weight excluding hydrogens is 839 g/mol. The van der Waals surface area contributed by atoms with Gasteiger partial charge < -0.3 is 13.7 Å². The zero-order valence-electron chi connectivity index (χ0n) is 40.0. The molecule has 0 aliphatic heterocycles. The number of rotatable bonds is 7. The molecule has 0 spiro atoms. The number of nitrogens with zero attached hydrogens (tertiary/aromatic N) is 1. The van der Waals surface area contributed by atoms with Gasteiger partial charge in [0.1, 0.15) is 22.3 Å². The lowest BCUT2D eigenvalue weighted by atomic mass is 9.78. The van der Waals surface area contributed by atoms with Crippen LogP contribution in [0.1, 0.15) is 52.7 Å². The first-order valence-electron chi connectivity index (χ1n) is 24.1. The van der Waals surface area contributed by atoms with E-state index >= 15 is 0 Å². The molecule has 0 fully saturated rings. The van der Waals surface area contributed by atoms with Gasteiger partial charge in [-0.15, -0.1) is 0 Å². The van der Waals surface area contributed by atoms with Gasteiger partial charge in [-0.2, -0.15) is 0 Å². The van der Waals surface area contributed by atoms with E-state index in [1.165, 1.54) is 38.6 Å². The molecule has 0 saturated heterocycles. The number of hydrogen-bond acceptors (Lipinski definition) is 3. The van der Waals surface area contributed by atoms with Gasteiger partial charge in [0.05, 0.1) is 5.69 Å². The van der Waals surface area contributed by atoms with Gasteiger partial charge in [0.15, 0.2) is 0 Å². The van der Waals surface area contributed by atoms with Crippen LogP contribution < -0.4 is 4.90 Å². The number of benzene rings is 10. The fourth-order valence-electron chi connectivity index (χ4n) is 10.3. The fourth-order valence-corrected chi connectivity index (χ4v) is 10.3. The maximum atomic E-state index is 6.53. The summed E-state index contributed by atoms with van der Waals surface area (Å²) < 4.78 is 12.8. The van der Waals surface area contributed by atoms with Crippen molar-refractivity contribution in [3.05, 3.63) is 223 Å². The normalized spacial score (nSPS) is 12.2. The summed E-state index contributed by atoms with van der Waals surface area (Å²) in [5.41, 5.74) is 18.6. The van der Waals surface area contributed by atoms with Gasteiger partial charge in [0.25, 0.3) is 0 Å². The molecule has 0 amide bonds. The van der Waals surface area contributed by atoms with Gasteiger partial charge >= 0.3 is 0 Å². The molecule has 2 aromatic heterocycles. The molecule has 0 atom stereocenters. The zero-order chi connectivity index (χ0) is 47.0. The van der Waals surface area contributed by atoms with Crippen LogP contribution in [0.15, 0.2) is 221 Å². The van der Waals surface area contributed by atoms with E-state index in [1.807, 2.05) is 24.3 Å². The van der Waals surface area contributed by atoms with Crippen molar-refractivity contribution in [1.29, 1.82) is 0 Å². The van der Waals surface area contributed by atoms with Crippen molar-refractivity contribution in [3.63, 3.8) is 0 Å². The Bertz CT molecular complexity index is 3890. The van der Waals surface area contributed by atoms with Crippen LogP contribution in [0.4, 0.5) is 17.1 Å². The van der Waals surface area contributed by atoms with Crippen LogP contribution in [0, 0.1) is 0 Å². The van der Waals surface area contributed by atoms with Crippen molar-refractivity contribution >= 4 is 71.7 Å². The molecule has 0 N–H and O–H groups in total. The van der Waals surface area contributed by atoms with Crippen molar-refractivity contribution in [2.24, 2.45) is 0 Å². The molecule has 0 unspecified atom stereocenters. The summed E-state index contributed by atoms with van der Waals surface area (Å²) in [7, 11) is 0. The van der Waals surface area contributed by atoms with Crippen LogP contribution >= 0.6 is 0 Å². The second kappa shape index (κ2) is 16.3. The van der Waals surface area contributed by atoms with Gasteiger partial charge in [-0.25, -0.2) is 0 Å². The number of para-hydroxylation sites is 4. The summed E-state index contributed by atoms with van der Waals surface area (Å²) in [6.45, 7) is 13.9. The van der Waals surface area contributed by atoms with Crippen molar-refractivity contribution in [2.45, 2.75) is 52.4 Å². The minimum Gasteiger partial charge on any atom is -0.456 e. The monoisotopic (exact) mass is 891 g/mol. The molecule has 2 heterocycles. The smallest absolute Gasteiger partial charge is 0.143 e. The van der Waals surface area contributed by atoms with Crippen LogP contribution in [0.3, 0.4) is 0 Å². The summed E-state index contributed by atoms with van der Waals surface area (Å²) in [5, 5.41) is 6.92. The topological polar surface area (TPSA) is 29.5 Å². The molecule has 0 radical (unpaired) electrons. The Labute approximate surface area is 403 Å². The molecular formula is C66H53NO2. The second-order valence-electron chi connectivity index (χ2n) is 20.5. The third kappa shape index (κ3) is 7.46. The Morgan fingerprint density at radius 2 is 0.884 bits per heavy atom. The number of fused-ring (bicyclic) bond motifs is 7. The Morgan fingerprint density at radius 1 is 0.333 bits per heavy atom. The molecule has 0 aliphatic rings. The molecule has 0 bridgehead atoms. The largest absolute Gasteiger partial charge is 0.456 e. The summed E-state index contributed by atoms with van der Waals surface area (Å²) in [6, 6.07) is 77.2. The van der Waals surface area contributed by atoms with E-state index in [0.717, 1.165) is 88.8 Å². The third-order valence-electron chi connectivity index (χ3n) is 14.0. The Morgan fingerprint density at radius 3 is 1.62 bits per heavy atom. The van der Waals surface area contributed by atoms with E-state index in [9.17, 15) is 0 Å². The summed E-state index contributed by atoms with van der Waals surface area (Å²) >= 11 is 0. The highest BCUT2D eigenvalue weighted by Crippen LogP contribution is 2.47. The summed E-state index contributed by atoms with van der Waals surface area (Å²) in [6.07, 6.45) is 0. The molecule has 12 aromatic rings. The average molecular weight is 892 g/mol. The predicted molar refractivity (Wildman–Crippen MR) is 292 cm³/mol. The van der Waals surface area contributed by atoms with Gasteiger partial charge in [-0.3, -0.25) is 0 Å². The first kappa shape index (κ1) is 42.2. The van der Waals surface area contributed by atoms with Crippen LogP contribution in [0.5, 0.6) is 0 Å². The van der Waals surface area contributed by atoms with Crippen LogP contribution in [-0.2, 0) is 10.8 Å². The highest BCUT2D eigenvalue weighted by Gasteiger charge is 2.24. The van der Waals surface area contributed by atoms with E-state index in [1.54, 1.807) is 0 Å². The maximum absolute atomic E-state index is 6.53. The zero-order valence-corrected chi connectivity index (χ0v) is 40.0. The van der Waals surface area contributed by atoms with E-state index < -0.39 is 0 Å². The van der Waals surface area contributed by atoms with Crippen molar-refractivity contribution in [2.75, 3.05) is 4.90 Å². The number of hydrogen-bond donors (Lipinski definition) is 0. The first-order chi connectivity index (χ1) is 33.5. The highest BCUT2D eigenvalue weighted by atomic mass is 16.3. The fraction of sp³-hybridized carbons (Fsp3) is 0.121. The minimum atomic E-state index is -0.0166. The van der Waals surface area contributed by atoms with Crippen molar-refractivity contribution in [1.82, 2.24) is 0 Å². The molecule has 3 heteroatoms. The molecule has 0 aliphatic carbocycles. The first-order valence-corrected chi connectivity index (χ1v) is 24.1. The quantitative estimate of drug-likeness (QED) is 0.160. The molecule has 10 aromatic carbocycles. The molecule has 0 saturated carbocycles. The van der Waals surface area contributed by atoms with E-state index in [2.05, 4.69) is 234 Å². The lowest BCUT2D eigenvalue weighted by Gasteiger charge is -2.29. The van der Waals surface area contributed by atoms with Crippen molar-refractivity contribution in [3.8, 4) is 44.5 Å². The predicted octanol–water partition coefficient (Wildman–Crippen LogP) is 19.4. The van der Waals surface area contributed by atoms with Gasteiger partial charge in [0.2, 0.25) is 0 Å². The van der Waals surface area contributed by atoms with Crippen LogP contribution in [-0.4, -0.2) is 0 Å². The van der Waals surface area contributed by atoms with E-state index in [0.29, 0.717) is 0 Å². The Balaban J connectivity index is 1.05. The van der Waals surface area contributed by atoms with Crippen LogP contribution in [0.25, 0.3) is 99.2 Å². The van der Waals surface area contributed by atoms with E-state index in [4.69, 9.17) is 8.83 Å². The molecule has 3 nitrogen and oxygen atoms in total. The molecule has 12 rings (SSSR count). The SMILES string of the molecule is CC(C)(C)c1cc(-c2cccc3cccc(-c4ccccc4N(c4ccc(-c5cccc6c5oc5ccccc56)cc4)c4cccc(-c5ccc6oc7ccccc7c6c5)c4)c23)cc(C(C)(C)C)c1. The minimum absolute atomic E-state index is 0.0166.